The maximum absolute atomic E-state index is 14.0. The van der Waals surface area contributed by atoms with Crippen LogP contribution in [0.15, 0.2) is 22.0 Å². The van der Waals surface area contributed by atoms with Crippen LogP contribution in [0.25, 0.3) is 0 Å². The highest BCUT2D eigenvalue weighted by Crippen LogP contribution is 2.42. The molecule has 1 amide bonds. The van der Waals surface area contributed by atoms with Crippen molar-refractivity contribution in [1.82, 2.24) is 9.80 Å². The van der Waals surface area contributed by atoms with E-state index in [0.29, 0.717) is 43.1 Å². The van der Waals surface area contributed by atoms with Gasteiger partial charge in [-0.25, -0.2) is 0 Å². The minimum Gasteiger partial charge on any atom is -0.332 e. The molecule has 0 aromatic rings. The van der Waals surface area contributed by atoms with Crippen molar-refractivity contribution in [2.75, 3.05) is 19.6 Å². The Hall–Kier alpha value is -1.56. The fourth-order valence-electron chi connectivity index (χ4n) is 6.45. The third-order valence-corrected chi connectivity index (χ3v) is 8.99. The van der Waals surface area contributed by atoms with E-state index in [1.165, 1.54) is 25.7 Å². The molecule has 0 N–H and O–H groups in total. The quantitative estimate of drug-likeness (QED) is 0.498. The molecule has 2 aliphatic carbocycles. The van der Waals surface area contributed by atoms with Crippen LogP contribution < -0.4 is 0 Å². The molecule has 188 valence electrons. The summed E-state index contributed by atoms with van der Waals surface area (Å²) in [5.74, 6) is 2.23. The van der Waals surface area contributed by atoms with Crippen molar-refractivity contribution in [3.8, 4) is 0 Å². The Kier molecular flexibility index (Phi) is 6.50. The van der Waals surface area contributed by atoms with Gasteiger partial charge in [-0.2, -0.15) is 10.2 Å². The Morgan fingerprint density at radius 1 is 1.09 bits per heavy atom. The lowest BCUT2D eigenvalue weighted by Crippen LogP contribution is -2.47. The normalized spacial score (nSPS) is 35.1. The standard InChI is InChI=1S/C28H44N4O2/c1-17-10-25(26(33)11-20-16-31(15-18(20)2)22-8-9-22)32(14-17)27(34)23(28(3,4)5)12-21-13-24(30-29-21)19-6-7-19/h13,17-23,25H,6-12,14-16H2,1-5H3. The van der Waals surface area contributed by atoms with Crippen LogP contribution in [0, 0.1) is 35.0 Å². The van der Waals surface area contributed by atoms with Gasteiger partial charge in [0.05, 0.1) is 17.8 Å². The van der Waals surface area contributed by atoms with Crippen molar-refractivity contribution in [3.05, 3.63) is 11.8 Å². The van der Waals surface area contributed by atoms with E-state index >= 15 is 0 Å². The molecule has 5 aliphatic rings. The van der Waals surface area contributed by atoms with Crippen LogP contribution in [0.1, 0.15) is 79.6 Å². The number of rotatable bonds is 8. The van der Waals surface area contributed by atoms with Crippen molar-refractivity contribution < 1.29 is 9.59 Å². The summed E-state index contributed by atoms with van der Waals surface area (Å²) < 4.78 is 0. The molecule has 6 heteroatoms. The van der Waals surface area contributed by atoms with Crippen LogP contribution in [-0.2, 0) is 9.59 Å². The van der Waals surface area contributed by atoms with Gasteiger partial charge >= 0.3 is 0 Å². The first-order valence-electron chi connectivity index (χ1n) is 13.8. The number of Topliss-reactive ketones (excluding diaryl/α,β-unsaturated/α-hetero) is 1. The van der Waals surface area contributed by atoms with Crippen molar-refractivity contribution in [2.24, 2.45) is 45.2 Å². The van der Waals surface area contributed by atoms with Gasteiger partial charge in [0.2, 0.25) is 5.91 Å². The summed E-state index contributed by atoms with van der Waals surface area (Å²) in [6.07, 6.45) is 9.37. The van der Waals surface area contributed by atoms with Crippen LogP contribution in [-0.4, -0.2) is 59.3 Å². The van der Waals surface area contributed by atoms with E-state index < -0.39 is 0 Å². The average Bonchev–Trinajstić information content (AvgIpc) is 3.68. The zero-order valence-corrected chi connectivity index (χ0v) is 21.9. The Morgan fingerprint density at radius 2 is 1.82 bits per heavy atom. The Labute approximate surface area is 205 Å². The van der Waals surface area contributed by atoms with Gasteiger partial charge in [0.25, 0.3) is 0 Å². The lowest BCUT2D eigenvalue weighted by atomic mass is 9.76. The molecule has 34 heavy (non-hydrogen) atoms. The van der Waals surface area contributed by atoms with E-state index in [1.54, 1.807) is 0 Å². The number of likely N-dealkylation sites (tertiary alicyclic amines) is 2. The number of allylic oxidation sites excluding steroid dienone is 1. The largest absolute Gasteiger partial charge is 0.332 e. The lowest BCUT2D eigenvalue weighted by molar-refractivity contribution is -0.144. The highest BCUT2D eigenvalue weighted by Gasteiger charge is 2.45. The molecule has 0 aromatic carbocycles. The van der Waals surface area contributed by atoms with Gasteiger partial charge in [-0.1, -0.05) is 34.6 Å². The summed E-state index contributed by atoms with van der Waals surface area (Å²) in [6.45, 7) is 13.8. The van der Waals surface area contributed by atoms with Crippen molar-refractivity contribution >= 4 is 11.7 Å². The second kappa shape index (κ2) is 9.15. The van der Waals surface area contributed by atoms with Crippen molar-refractivity contribution in [3.63, 3.8) is 0 Å². The Morgan fingerprint density at radius 3 is 2.47 bits per heavy atom. The van der Waals surface area contributed by atoms with Crippen LogP contribution >= 0.6 is 0 Å². The monoisotopic (exact) mass is 468 g/mol. The lowest BCUT2D eigenvalue weighted by Gasteiger charge is -2.36. The first-order chi connectivity index (χ1) is 16.1. The third kappa shape index (κ3) is 5.17. The molecule has 3 aliphatic heterocycles. The predicted octanol–water partition coefficient (Wildman–Crippen LogP) is 5.09. The number of ketones is 1. The number of azo groups is 1. The van der Waals surface area contributed by atoms with Gasteiger partial charge in [0.1, 0.15) is 0 Å². The van der Waals surface area contributed by atoms with E-state index in [0.717, 1.165) is 31.2 Å². The van der Waals surface area contributed by atoms with Crippen molar-refractivity contribution in [1.29, 1.82) is 0 Å². The second-order valence-corrected chi connectivity index (χ2v) is 13.2. The van der Waals surface area contributed by atoms with E-state index in [-0.39, 0.29) is 35.1 Å². The van der Waals surface area contributed by atoms with E-state index in [4.69, 9.17) is 0 Å². The molecule has 0 bridgehead atoms. The molecule has 6 unspecified atom stereocenters. The maximum atomic E-state index is 14.0. The Bertz CT molecular complexity index is 866. The number of carbonyl (C=O) groups excluding carboxylic acids is 2. The van der Waals surface area contributed by atoms with E-state index in [2.05, 4.69) is 55.8 Å². The van der Waals surface area contributed by atoms with Gasteiger partial charge in [-0.15, -0.1) is 0 Å². The van der Waals surface area contributed by atoms with Gasteiger partial charge in [-0.05, 0) is 67.8 Å². The van der Waals surface area contributed by atoms with Crippen LogP contribution in [0.3, 0.4) is 0 Å². The summed E-state index contributed by atoms with van der Waals surface area (Å²) in [5, 5.41) is 8.92. The highest BCUT2D eigenvalue weighted by molar-refractivity contribution is 5.91. The van der Waals surface area contributed by atoms with Gasteiger partial charge in [-0.3, -0.25) is 14.5 Å². The SMILES string of the molecule is CC1CC(C(=O)CC2CN(C3CC3)CC2C)N(C(=O)C(CC2C=C(C3CC3)N=N2)C(C)(C)C)C1. The second-order valence-electron chi connectivity index (χ2n) is 13.2. The zero-order valence-electron chi connectivity index (χ0n) is 21.9. The minimum absolute atomic E-state index is 0.00861. The van der Waals surface area contributed by atoms with Crippen molar-refractivity contribution in [2.45, 2.75) is 97.7 Å². The average molecular weight is 469 g/mol. The summed E-state index contributed by atoms with van der Waals surface area (Å²) in [5.41, 5.74) is 0.936. The summed E-state index contributed by atoms with van der Waals surface area (Å²) >= 11 is 0. The summed E-state index contributed by atoms with van der Waals surface area (Å²) in [7, 11) is 0. The fraction of sp³-hybridized carbons (Fsp3) is 0.857. The molecular weight excluding hydrogens is 424 g/mol. The van der Waals surface area contributed by atoms with Crippen LogP contribution in [0.5, 0.6) is 0 Å². The molecule has 5 rings (SSSR count). The van der Waals surface area contributed by atoms with Crippen LogP contribution in [0.4, 0.5) is 0 Å². The summed E-state index contributed by atoms with van der Waals surface area (Å²) in [6, 6.07) is 0.505. The number of amides is 1. The van der Waals surface area contributed by atoms with E-state index in [1.807, 2.05) is 4.90 Å². The van der Waals surface area contributed by atoms with E-state index in [9.17, 15) is 9.59 Å². The molecule has 2 saturated carbocycles. The molecule has 2 saturated heterocycles. The first-order valence-corrected chi connectivity index (χ1v) is 13.8. The highest BCUT2D eigenvalue weighted by atomic mass is 16.2. The van der Waals surface area contributed by atoms with Gasteiger partial charge in [0.15, 0.2) is 5.78 Å². The topological polar surface area (TPSA) is 65.3 Å². The smallest absolute Gasteiger partial charge is 0.226 e. The number of nitrogens with zero attached hydrogens (tertiary/aromatic N) is 4. The fourth-order valence-corrected chi connectivity index (χ4v) is 6.45. The molecule has 0 radical (unpaired) electrons. The molecule has 6 atom stereocenters. The zero-order chi connectivity index (χ0) is 24.2. The number of hydrogen-bond donors (Lipinski definition) is 0. The molecule has 4 fully saturated rings. The summed E-state index contributed by atoms with van der Waals surface area (Å²) in [4.78, 5) is 32.1. The van der Waals surface area contributed by atoms with Gasteiger partial charge < -0.3 is 4.90 Å². The molecule has 0 spiro atoms. The first kappa shape index (κ1) is 24.1. The maximum Gasteiger partial charge on any atom is 0.226 e. The third-order valence-electron chi connectivity index (χ3n) is 8.99. The molecule has 0 aromatic heterocycles. The minimum atomic E-state index is -0.253. The Balaban J connectivity index is 1.26. The molecule has 6 nitrogen and oxygen atoms in total. The number of hydrogen-bond acceptors (Lipinski definition) is 5. The number of carbonyl (C=O) groups is 2. The molecule has 3 heterocycles. The predicted molar refractivity (Wildman–Crippen MR) is 133 cm³/mol. The molecular formula is C28H44N4O2. The van der Waals surface area contributed by atoms with Crippen LogP contribution in [0.2, 0.25) is 0 Å². The van der Waals surface area contributed by atoms with Gasteiger partial charge in [0, 0.05) is 43.9 Å².